The molecule has 0 radical (unpaired) electrons. The molecule has 0 unspecified atom stereocenters. The number of nitrogens with two attached hydrogens (primary N) is 1. The highest BCUT2D eigenvalue weighted by Crippen LogP contribution is 2.37. The number of nitrogens with zero attached hydrogens (tertiary/aromatic N) is 2. The third-order valence-electron chi connectivity index (χ3n) is 5.14. The van der Waals surface area contributed by atoms with Gasteiger partial charge in [0.15, 0.2) is 0 Å². The van der Waals surface area contributed by atoms with E-state index < -0.39 is 0 Å². The molecule has 150 valence electrons. The van der Waals surface area contributed by atoms with Crippen LogP contribution >= 0.6 is 36.2 Å². The van der Waals surface area contributed by atoms with Crippen LogP contribution in [0.1, 0.15) is 71.2 Å². The Balaban J connectivity index is 0.00000169. The van der Waals surface area contributed by atoms with Crippen LogP contribution in [0.15, 0.2) is 0 Å². The summed E-state index contributed by atoms with van der Waals surface area (Å²) in [5, 5.41) is 1.17. The highest BCUT2D eigenvalue weighted by molar-refractivity contribution is 7.13. The fraction of sp³-hybridized carbons (Fsp3) is 0.778. The minimum Gasteiger partial charge on any atom is -0.378 e. The van der Waals surface area contributed by atoms with E-state index in [2.05, 4.69) is 0 Å². The molecule has 1 amide bonds. The Labute approximate surface area is 172 Å². The standard InChI is InChI=1S/C18H29N3O2S.2ClH/c1-13-16(24-17(20-13)14-5-2-3-6-14)18(22)21-10-7-15(8-11-21)23-12-4-9-19;;/h14-15H,2-12,19H2,1H3;2*1H. The number of hydrogen-bond acceptors (Lipinski definition) is 5. The third-order valence-corrected chi connectivity index (χ3v) is 6.45. The van der Waals surface area contributed by atoms with Gasteiger partial charge in [0.1, 0.15) is 4.88 Å². The van der Waals surface area contributed by atoms with Crippen molar-refractivity contribution >= 4 is 42.1 Å². The number of aryl methyl sites for hydroxylation is 1. The van der Waals surface area contributed by atoms with Gasteiger partial charge >= 0.3 is 0 Å². The predicted octanol–water partition coefficient (Wildman–Crippen LogP) is 3.92. The molecule has 1 saturated carbocycles. The van der Waals surface area contributed by atoms with E-state index in [1.54, 1.807) is 11.3 Å². The normalized spacial score (nSPS) is 18.5. The first kappa shape index (κ1) is 23.6. The highest BCUT2D eigenvalue weighted by Gasteiger charge is 2.28. The van der Waals surface area contributed by atoms with Gasteiger partial charge in [-0.25, -0.2) is 4.98 Å². The van der Waals surface area contributed by atoms with Crippen molar-refractivity contribution in [3.63, 3.8) is 0 Å². The molecular formula is C18H31Cl2N3O2S. The van der Waals surface area contributed by atoms with Crippen molar-refractivity contribution in [1.82, 2.24) is 9.88 Å². The van der Waals surface area contributed by atoms with Gasteiger partial charge in [-0.3, -0.25) is 4.79 Å². The Bertz CT molecular complexity index is 557. The summed E-state index contributed by atoms with van der Waals surface area (Å²) in [6.07, 6.45) is 8.07. The summed E-state index contributed by atoms with van der Waals surface area (Å²) in [6.45, 7) is 4.94. The smallest absolute Gasteiger partial charge is 0.265 e. The average Bonchev–Trinajstić information content (AvgIpc) is 3.24. The Kier molecular flexibility index (Phi) is 10.4. The predicted molar refractivity (Wildman–Crippen MR) is 111 cm³/mol. The minimum absolute atomic E-state index is 0. The van der Waals surface area contributed by atoms with Crippen molar-refractivity contribution < 1.29 is 9.53 Å². The van der Waals surface area contributed by atoms with Gasteiger partial charge in [-0.1, -0.05) is 12.8 Å². The maximum absolute atomic E-state index is 12.9. The number of rotatable bonds is 6. The zero-order valence-electron chi connectivity index (χ0n) is 15.4. The van der Waals surface area contributed by atoms with Gasteiger partial charge in [0.2, 0.25) is 0 Å². The molecule has 1 saturated heterocycles. The second-order valence-corrected chi connectivity index (χ2v) is 7.98. The highest BCUT2D eigenvalue weighted by atomic mass is 35.5. The van der Waals surface area contributed by atoms with Crippen molar-refractivity contribution in [2.75, 3.05) is 26.2 Å². The summed E-state index contributed by atoms with van der Waals surface area (Å²) in [7, 11) is 0. The monoisotopic (exact) mass is 423 g/mol. The molecule has 1 aliphatic carbocycles. The molecule has 26 heavy (non-hydrogen) atoms. The van der Waals surface area contributed by atoms with Crippen molar-refractivity contribution in [2.45, 2.75) is 63.9 Å². The SMILES string of the molecule is Cc1nc(C2CCCC2)sc1C(=O)N1CCC(OCCCN)CC1.Cl.Cl. The van der Waals surface area contributed by atoms with E-state index in [9.17, 15) is 4.79 Å². The van der Waals surface area contributed by atoms with E-state index in [0.717, 1.165) is 49.5 Å². The number of halogens is 2. The van der Waals surface area contributed by atoms with Crippen LogP contribution in [-0.4, -0.2) is 48.1 Å². The maximum atomic E-state index is 12.9. The number of ether oxygens (including phenoxy) is 1. The molecule has 2 fully saturated rings. The minimum atomic E-state index is 0. The van der Waals surface area contributed by atoms with E-state index in [-0.39, 0.29) is 36.8 Å². The molecule has 0 aromatic carbocycles. The number of piperidine rings is 1. The molecule has 0 atom stereocenters. The fourth-order valence-corrected chi connectivity index (χ4v) is 4.87. The molecule has 2 heterocycles. The number of amides is 1. The van der Waals surface area contributed by atoms with Crippen LogP contribution in [0.25, 0.3) is 0 Å². The maximum Gasteiger partial charge on any atom is 0.265 e. The third kappa shape index (κ3) is 5.80. The molecule has 0 bridgehead atoms. The summed E-state index contributed by atoms with van der Waals surface area (Å²) < 4.78 is 5.82. The zero-order chi connectivity index (χ0) is 16.9. The number of aromatic nitrogens is 1. The van der Waals surface area contributed by atoms with Crippen LogP contribution in [0.5, 0.6) is 0 Å². The lowest BCUT2D eigenvalue weighted by molar-refractivity contribution is 0.00855. The van der Waals surface area contributed by atoms with Crippen LogP contribution in [-0.2, 0) is 4.74 Å². The number of likely N-dealkylation sites (tertiary alicyclic amines) is 1. The largest absolute Gasteiger partial charge is 0.378 e. The van der Waals surface area contributed by atoms with Gasteiger partial charge in [-0.15, -0.1) is 36.2 Å². The summed E-state index contributed by atoms with van der Waals surface area (Å²) in [6, 6.07) is 0. The lowest BCUT2D eigenvalue weighted by Crippen LogP contribution is -2.41. The van der Waals surface area contributed by atoms with Gasteiger partial charge in [0.25, 0.3) is 5.91 Å². The number of carbonyl (C=O) groups excluding carboxylic acids is 1. The van der Waals surface area contributed by atoms with E-state index in [1.165, 1.54) is 30.7 Å². The van der Waals surface area contributed by atoms with Crippen molar-refractivity contribution in [2.24, 2.45) is 5.73 Å². The summed E-state index contributed by atoms with van der Waals surface area (Å²) in [5.41, 5.74) is 6.40. The summed E-state index contributed by atoms with van der Waals surface area (Å²) >= 11 is 1.63. The quantitative estimate of drug-likeness (QED) is 0.703. The number of hydrogen-bond donors (Lipinski definition) is 1. The van der Waals surface area contributed by atoms with Gasteiger partial charge in [-0.2, -0.15) is 0 Å². The summed E-state index contributed by atoms with van der Waals surface area (Å²) in [5.74, 6) is 0.742. The molecule has 1 aliphatic heterocycles. The first-order valence-electron chi connectivity index (χ1n) is 9.27. The van der Waals surface area contributed by atoms with Crippen LogP contribution in [0.2, 0.25) is 0 Å². The molecule has 8 heteroatoms. The van der Waals surface area contributed by atoms with E-state index >= 15 is 0 Å². The van der Waals surface area contributed by atoms with Crippen LogP contribution in [0.4, 0.5) is 0 Å². The van der Waals surface area contributed by atoms with Crippen LogP contribution in [0, 0.1) is 6.92 Å². The topological polar surface area (TPSA) is 68.5 Å². The lowest BCUT2D eigenvalue weighted by Gasteiger charge is -2.31. The van der Waals surface area contributed by atoms with Gasteiger partial charge in [0, 0.05) is 25.6 Å². The van der Waals surface area contributed by atoms with Crippen molar-refractivity contribution in [3.8, 4) is 0 Å². The molecule has 1 aromatic rings. The van der Waals surface area contributed by atoms with Crippen LogP contribution < -0.4 is 5.73 Å². The second kappa shape index (κ2) is 11.4. The van der Waals surface area contributed by atoms with Crippen molar-refractivity contribution in [3.05, 3.63) is 15.6 Å². The fourth-order valence-electron chi connectivity index (χ4n) is 3.67. The number of carbonyl (C=O) groups is 1. The Morgan fingerprint density at radius 2 is 1.88 bits per heavy atom. The van der Waals surface area contributed by atoms with Crippen molar-refractivity contribution in [1.29, 1.82) is 0 Å². The average molecular weight is 424 g/mol. The summed E-state index contributed by atoms with van der Waals surface area (Å²) in [4.78, 5) is 20.4. The lowest BCUT2D eigenvalue weighted by atomic mass is 10.1. The Morgan fingerprint density at radius 1 is 1.23 bits per heavy atom. The molecular weight excluding hydrogens is 393 g/mol. The Morgan fingerprint density at radius 3 is 2.50 bits per heavy atom. The first-order valence-corrected chi connectivity index (χ1v) is 10.1. The molecule has 2 aliphatic rings. The Hall–Kier alpha value is -0.400. The van der Waals surface area contributed by atoms with E-state index in [1.807, 2.05) is 11.8 Å². The molecule has 3 rings (SSSR count). The molecule has 2 N–H and O–H groups in total. The second-order valence-electron chi connectivity index (χ2n) is 6.95. The van der Waals surface area contributed by atoms with Gasteiger partial charge < -0.3 is 15.4 Å². The van der Waals surface area contributed by atoms with E-state index in [4.69, 9.17) is 15.5 Å². The zero-order valence-corrected chi connectivity index (χ0v) is 17.9. The molecule has 5 nitrogen and oxygen atoms in total. The molecule has 1 aromatic heterocycles. The van der Waals surface area contributed by atoms with Gasteiger partial charge in [-0.05, 0) is 45.6 Å². The molecule has 0 spiro atoms. The first-order chi connectivity index (χ1) is 11.7. The van der Waals surface area contributed by atoms with Crippen LogP contribution in [0.3, 0.4) is 0 Å². The van der Waals surface area contributed by atoms with E-state index in [0.29, 0.717) is 12.5 Å². The van der Waals surface area contributed by atoms with Gasteiger partial charge in [0.05, 0.1) is 16.8 Å². The number of thiazole rings is 1.